The van der Waals surface area contributed by atoms with E-state index in [2.05, 4.69) is 26.1 Å². The van der Waals surface area contributed by atoms with Gasteiger partial charge < -0.3 is 10.4 Å². The Morgan fingerprint density at radius 1 is 1.33 bits per heavy atom. The van der Waals surface area contributed by atoms with Gasteiger partial charge in [-0.2, -0.15) is 0 Å². The molecule has 2 heteroatoms. The predicted molar refractivity (Wildman–Crippen MR) is 65.0 cm³/mol. The second-order valence-electron chi connectivity index (χ2n) is 5.87. The van der Waals surface area contributed by atoms with E-state index < -0.39 is 0 Å². The summed E-state index contributed by atoms with van der Waals surface area (Å²) >= 11 is 0. The van der Waals surface area contributed by atoms with Crippen molar-refractivity contribution in [3.8, 4) is 0 Å². The highest BCUT2D eigenvalue weighted by Gasteiger charge is 2.24. The summed E-state index contributed by atoms with van der Waals surface area (Å²) in [6.45, 7) is 7.23. The largest absolute Gasteiger partial charge is 0.396 e. The molecule has 0 bridgehead atoms. The SMILES string of the molecule is CC(CCO)NC1CCCC(C)(C)CC1. The van der Waals surface area contributed by atoms with E-state index in [0.717, 1.165) is 6.42 Å². The van der Waals surface area contributed by atoms with Gasteiger partial charge in [0.15, 0.2) is 0 Å². The summed E-state index contributed by atoms with van der Waals surface area (Å²) in [5.41, 5.74) is 0.538. The molecule has 0 aliphatic heterocycles. The van der Waals surface area contributed by atoms with Crippen molar-refractivity contribution in [1.29, 1.82) is 0 Å². The molecular formula is C13H27NO. The molecule has 1 saturated carbocycles. The van der Waals surface area contributed by atoms with Crippen molar-refractivity contribution >= 4 is 0 Å². The molecule has 2 N–H and O–H groups in total. The molecule has 2 unspecified atom stereocenters. The Balaban J connectivity index is 2.31. The molecule has 1 aliphatic carbocycles. The smallest absolute Gasteiger partial charge is 0.0445 e. The summed E-state index contributed by atoms with van der Waals surface area (Å²) in [5, 5.41) is 12.5. The number of hydrogen-bond acceptors (Lipinski definition) is 2. The number of hydrogen-bond donors (Lipinski definition) is 2. The Morgan fingerprint density at radius 2 is 2.07 bits per heavy atom. The lowest BCUT2D eigenvalue weighted by molar-refractivity contribution is 0.258. The minimum atomic E-state index is 0.298. The average Bonchev–Trinajstić information content (AvgIpc) is 2.28. The molecule has 1 rings (SSSR count). The molecule has 0 aromatic rings. The van der Waals surface area contributed by atoms with Gasteiger partial charge in [-0.25, -0.2) is 0 Å². The van der Waals surface area contributed by atoms with Gasteiger partial charge in [-0.05, 0) is 44.4 Å². The van der Waals surface area contributed by atoms with Gasteiger partial charge in [0, 0.05) is 18.7 Å². The quantitative estimate of drug-likeness (QED) is 0.704. The first-order chi connectivity index (χ1) is 7.03. The van der Waals surface area contributed by atoms with Gasteiger partial charge in [-0.1, -0.05) is 20.3 Å². The molecule has 0 amide bonds. The maximum absolute atomic E-state index is 8.86. The van der Waals surface area contributed by atoms with E-state index in [1.165, 1.54) is 32.1 Å². The van der Waals surface area contributed by atoms with E-state index in [4.69, 9.17) is 5.11 Å². The third kappa shape index (κ3) is 4.98. The lowest BCUT2D eigenvalue weighted by Gasteiger charge is -2.23. The van der Waals surface area contributed by atoms with E-state index >= 15 is 0 Å². The minimum absolute atomic E-state index is 0.298. The molecule has 0 saturated heterocycles. The number of aliphatic hydroxyl groups excluding tert-OH is 1. The van der Waals surface area contributed by atoms with E-state index in [0.29, 0.717) is 24.1 Å². The second kappa shape index (κ2) is 5.86. The highest BCUT2D eigenvalue weighted by atomic mass is 16.3. The number of rotatable bonds is 4. The summed E-state index contributed by atoms with van der Waals surface area (Å²) in [6, 6.07) is 1.13. The predicted octanol–water partition coefficient (Wildman–Crippen LogP) is 2.71. The summed E-state index contributed by atoms with van der Waals surface area (Å²) < 4.78 is 0. The van der Waals surface area contributed by atoms with Gasteiger partial charge in [0.05, 0.1) is 0 Å². The third-order valence-corrected chi connectivity index (χ3v) is 3.66. The van der Waals surface area contributed by atoms with Crippen LogP contribution in [-0.2, 0) is 0 Å². The van der Waals surface area contributed by atoms with Crippen LogP contribution in [-0.4, -0.2) is 23.8 Å². The van der Waals surface area contributed by atoms with Crippen LogP contribution < -0.4 is 5.32 Å². The van der Waals surface area contributed by atoms with Gasteiger partial charge in [-0.3, -0.25) is 0 Å². The molecule has 15 heavy (non-hydrogen) atoms. The standard InChI is InChI=1S/C13H27NO/c1-11(7-10-15)14-12-5-4-8-13(2,3)9-6-12/h11-12,14-15H,4-10H2,1-3H3. The number of nitrogens with one attached hydrogen (secondary N) is 1. The van der Waals surface area contributed by atoms with Crippen LogP contribution in [0.3, 0.4) is 0 Å². The van der Waals surface area contributed by atoms with Crippen LogP contribution in [0.4, 0.5) is 0 Å². The first-order valence-electron chi connectivity index (χ1n) is 6.40. The minimum Gasteiger partial charge on any atom is -0.396 e. The van der Waals surface area contributed by atoms with Gasteiger partial charge >= 0.3 is 0 Å². The summed E-state index contributed by atoms with van der Waals surface area (Å²) in [5.74, 6) is 0. The lowest BCUT2D eigenvalue weighted by Crippen LogP contribution is -2.36. The van der Waals surface area contributed by atoms with Gasteiger partial charge in [0.1, 0.15) is 0 Å². The first-order valence-corrected chi connectivity index (χ1v) is 6.40. The fraction of sp³-hybridized carbons (Fsp3) is 1.00. The third-order valence-electron chi connectivity index (χ3n) is 3.66. The zero-order valence-electron chi connectivity index (χ0n) is 10.6. The van der Waals surface area contributed by atoms with Crippen molar-refractivity contribution < 1.29 is 5.11 Å². The van der Waals surface area contributed by atoms with Crippen molar-refractivity contribution in [3.05, 3.63) is 0 Å². The monoisotopic (exact) mass is 213 g/mol. The molecule has 1 fully saturated rings. The van der Waals surface area contributed by atoms with Crippen molar-refractivity contribution in [2.24, 2.45) is 5.41 Å². The molecular weight excluding hydrogens is 186 g/mol. The zero-order chi connectivity index (χ0) is 11.3. The van der Waals surface area contributed by atoms with Crippen molar-refractivity contribution in [3.63, 3.8) is 0 Å². The molecule has 2 atom stereocenters. The van der Waals surface area contributed by atoms with Crippen LogP contribution in [0.1, 0.15) is 59.3 Å². The van der Waals surface area contributed by atoms with Crippen molar-refractivity contribution in [2.45, 2.75) is 71.4 Å². The van der Waals surface area contributed by atoms with E-state index in [9.17, 15) is 0 Å². The van der Waals surface area contributed by atoms with Crippen molar-refractivity contribution in [2.75, 3.05) is 6.61 Å². The first kappa shape index (κ1) is 13.0. The highest BCUT2D eigenvalue weighted by molar-refractivity contribution is 4.80. The Hall–Kier alpha value is -0.0800. The van der Waals surface area contributed by atoms with Gasteiger partial charge in [0.2, 0.25) is 0 Å². The Bertz CT molecular complexity index is 179. The summed E-state index contributed by atoms with van der Waals surface area (Å²) in [4.78, 5) is 0. The van der Waals surface area contributed by atoms with Crippen LogP contribution >= 0.6 is 0 Å². The molecule has 2 nitrogen and oxygen atoms in total. The summed E-state index contributed by atoms with van der Waals surface area (Å²) in [7, 11) is 0. The molecule has 0 radical (unpaired) electrons. The van der Waals surface area contributed by atoms with Gasteiger partial charge in [0.25, 0.3) is 0 Å². The summed E-state index contributed by atoms with van der Waals surface area (Å²) in [6.07, 6.45) is 7.51. The molecule has 0 spiro atoms. The topological polar surface area (TPSA) is 32.3 Å². The van der Waals surface area contributed by atoms with Crippen LogP contribution in [0, 0.1) is 5.41 Å². The van der Waals surface area contributed by atoms with E-state index in [1.54, 1.807) is 0 Å². The number of aliphatic hydroxyl groups is 1. The molecule has 90 valence electrons. The Labute approximate surface area is 94.5 Å². The molecule has 0 aromatic heterocycles. The maximum Gasteiger partial charge on any atom is 0.0445 e. The fourth-order valence-electron chi connectivity index (χ4n) is 2.51. The maximum atomic E-state index is 8.86. The fourth-order valence-corrected chi connectivity index (χ4v) is 2.51. The van der Waals surface area contributed by atoms with Crippen molar-refractivity contribution in [1.82, 2.24) is 5.32 Å². The van der Waals surface area contributed by atoms with Crippen LogP contribution in [0.15, 0.2) is 0 Å². The van der Waals surface area contributed by atoms with Gasteiger partial charge in [-0.15, -0.1) is 0 Å². The Morgan fingerprint density at radius 3 is 2.73 bits per heavy atom. The normalized spacial score (nSPS) is 28.4. The lowest BCUT2D eigenvalue weighted by atomic mass is 9.85. The molecule has 1 aliphatic rings. The van der Waals surface area contributed by atoms with Crippen LogP contribution in [0.2, 0.25) is 0 Å². The molecule has 0 heterocycles. The average molecular weight is 213 g/mol. The van der Waals surface area contributed by atoms with E-state index in [-0.39, 0.29) is 0 Å². The van der Waals surface area contributed by atoms with Crippen LogP contribution in [0.25, 0.3) is 0 Å². The second-order valence-corrected chi connectivity index (χ2v) is 5.87. The Kier molecular flexibility index (Phi) is 5.07. The van der Waals surface area contributed by atoms with E-state index in [1.807, 2.05) is 0 Å². The highest BCUT2D eigenvalue weighted by Crippen LogP contribution is 2.33. The van der Waals surface area contributed by atoms with Crippen LogP contribution in [0.5, 0.6) is 0 Å². The molecule has 0 aromatic carbocycles. The zero-order valence-corrected chi connectivity index (χ0v) is 10.6.